The molecule has 2 aromatic carbocycles. The van der Waals surface area contributed by atoms with Crippen molar-refractivity contribution >= 4 is 5.69 Å². The van der Waals surface area contributed by atoms with Gasteiger partial charge in [-0.2, -0.15) is 5.26 Å². The summed E-state index contributed by atoms with van der Waals surface area (Å²) in [4.78, 5) is 0. The Morgan fingerprint density at radius 1 is 1.26 bits per heavy atom. The molecular formula is C15H13FN2O. The standard InChI is InChI=1S/C15H13FN2O/c1-2-10-6-7-15(13(18)8-10)19-14-5-3-4-12(16)11(14)9-17/h3-8H,2,18H2,1H3. The maximum absolute atomic E-state index is 13.4. The van der Waals surface area contributed by atoms with Crippen molar-refractivity contribution in [1.29, 1.82) is 5.26 Å². The summed E-state index contributed by atoms with van der Waals surface area (Å²) in [7, 11) is 0. The van der Waals surface area contributed by atoms with Crippen LogP contribution in [0.1, 0.15) is 18.1 Å². The number of nitrogens with two attached hydrogens (primary N) is 1. The topological polar surface area (TPSA) is 59.0 Å². The molecule has 4 heteroatoms. The van der Waals surface area contributed by atoms with Crippen molar-refractivity contribution in [2.24, 2.45) is 0 Å². The van der Waals surface area contributed by atoms with Gasteiger partial charge in [0.15, 0.2) is 0 Å². The summed E-state index contributed by atoms with van der Waals surface area (Å²) in [6, 6.07) is 11.4. The molecule has 96 valence electrons. The quantitative estimate of drug-likeness (QED) is 0.853. The molecule has 0 unspecified atom stereocenters. The molecule has 0 saturated carbocycles. The van der Waals surface area contributed by atoms with Crippen molar-refractivity contribution in [2.45, 2.75) is 13.3 Å². The SMILES string of the molecule is CCc1ccc(Oc2cccc(F)c2C#N)c(N)c1. The molecule has 2 N–H and O–H groups in total. The van der Waals surface area contributed by atoms with Crippen molar-refractivity contribution < 1.29 is 9.13 Å². The average Bonchev–Trinajstić information content (AvgIpc) is 2.41. The first-order valence-electron chi connectivity index (χ1n) is 5.90. The van der Waals surface area contributed by atoms with Gasteiger partial charge >= 0.3 is 0 Å². The number of hydrogen-bond acceptors (Lipinski definition) is 3. The van der Waals surface area contributed by atoms with Gasteiger partial charge in [-0.25, -0.2) is 4.39 Å². The Hall–Kier alpha value is -2.54. The minimum absolute atomic E-state index is 0.124. The fourth-order valence-corrected chi connectivity index (χ4v) is 1.73. The zero-order valence-electron chi connectivity index (χ0n) is 10.5. The second-order valence-electron chi connectivity index (χ2n) is 4.05. The first-order chi connectivity index (χ1) is 9.15. The van der Waals surface area contributed by atoms with Crippen LogP contribution in [0.2, 0.25) is 0 Å². The maximum atomic E-state index is 13.4. The van der Waals surface area contributed by atoms with E-state index in [0.717, 1.165) is 12.0 Å². The molecule has 0 radical (unpaired) electrons. The third-order valence-corrected chi connectivity index (χ3v) is 2.79. The van der Waals surface area contributed by atoms with Crippen molar-refractivity contribution in [3.63, 3.8) is 0 Å². The molecule has 19 heavy (non-hydrogen) atoms. The van der Waals surface area contributed by atoms with Crippen LogP contribution >= 0.6 is 0 Å². The summed E-state index contributed by atoms with van der Waals surface area (Å²) in [6.07, 6.45) is 0.869. The molecule has 0 atom stereocenters. The Morgan fingerprint density at radius 2 is 2.05 bits per heavy atom. The van der Waals surface area contributed by atoms with Crippen LogP contribution in [0.25, 0.3) is 0 Å². The largest absolute Gasteiger partial charge is 0.454 e. The van der Waals surface area contributed by atoms with E-state index < -0.39 is 5.82 Å². The lowest BCUT2D eigenvalue weighted by molar-refractivity contribution is 0.476. The highest BCUT2D eigenvalue weighted by Gasteiger charge is 2.11. The van der Waals surface area contributed by atoms with Crippen LogP contribution in [0, 0.1) is 17.1 Å². The normalized spacial score (nSPS) is 9.95. The second kappa shape index (κ2) is 5.40. The highest BCUT2D eigenvalue weighted by atomic mass is 19.1. The van der Waals surface area contributed by atoms with Gasteiger partial charge in [-0.05, 0) is 36.2 Å². The van der Waals surface area contributed by atoms with E-state index in [2.05, 4.69) is 0 Å². The van der Waals surface area contributed by atoms with Gasteiger partial charge < -0.3 is 10.5 Å². The minimum atomic E-state index is -0.608. The molecule has 0 amide bonds. The predicted molar refractivity (Wildman–Crippen MR) is 71.4 cm³/mol. The number of rotatable bonds is 3. The first-order valence-corrected chi connectivity index (χ1v) is 5.90. The van der Waals surface area contributed by atoms with Crippen LogP contribution < -0.4 is 10.5 Å². The Morgan fingerprint density at radius 3 is 2.68 bits per heavy atom. The third-order valence-electron chi connectivity index (χ3n) is 2.79. The predicted octanol–water partition coefficient (Wildman–Crippen LogP) is 3.63. The molecule has 0 spiro atoms. The van der Waals surface area contributed by atoms with Gasteiger partial charge in [0.05, 0.1) is 5.69 Å². The summed E-state index contributed by atoms with van der Waals surface area (Å²) in [5.74, 6) is -0.0264. The number of nitrogen functional groups attached to an aromatic ring is 1. The Bertz CT molecular complexity index is 647. The van der Waals surface area contributed by atoms with Gasteiger partial charge in [0.1, 0.15) is 28.9 Å². The van der Waals surface area contributed by atoms with Gasteiger partial charge in [-0.15, -0.1) is 0 Å². The molecule has 0 fully saturated rings. The number of halogens is 1. The van der Waals surface area contributed by atoms with Crippen LogP contribution in [0.15, 0.2) is 36.4 Å². The van der Waals surface area contributed by atoms with E-state index in [1.165, 1.54) is 18.2 Å². The smallest absolute Gasteiger partial charge is 0.150 e. The Kier molecular flexibility index (Phi) is 3.67. The zero-order chi connectivity index (χ0) is 13.8. The van der Waals surface area contributed by atoms with Crippen LogP contribution in [0.3, 0.4) is 0 Å². The van der Waals surface area contributed by atoms with Gasteiger partial charge in [-0.1, -0.05) is 19.1 Å². The highest BCUT2D eigenvalue weighted by molar-refractivity contribution is 5.57. The van der Waals surface area contributed by atoms with E-state index in [4.69, 9.17) is 15.7 Å². The summed E-state index contributed by atoms with van der Waals surface area (Å²) < 4.78 is 19.0. The van der Waals surface area contributed by atoms with Crippen LogP contribution in [0.4, 0.5) is 10.1 Å². The molecule has 0 saturated heterocycles. The number of hydrogen-bond donors (Lipinski definition) is 1. The molecule has 0 heterocycles. The van der Waals surface area contributed by atoms with Crippen LogP contribution in [-0.4, -0.2) is 0 Å². The molecule has 2 aromatic rings. The van der Waals surface area contributed by atoms with E-state index in [9.17, 15) is 4.39 Å². The van der Waals surface area contributed by atoms with Crippen molar-refractivity contribution in [3.05, 3.63) is 53.3 Å². The minimum Gasteiger partial charge on any atom is -0.454 e. The number of aryl methyl sites for hydroxylation is 1. The molecule has 2 rings (SSSR count). The number of ether oxygens (including phenoxy) is 1. The number of benzene rings is 2. The lowest BCUT2D eigenvalue weighted by atomic mass is 10.1. The van der Waals surface area contributed by atoms with Crippen LogP contribution in [-0.2, 0) is 6.42 Å². The Balaban J connectivity index is 2.37. The van der Waals surface area contributed by atoms with Crippen molar-refractivity contribution in [3.8, 4) is 17.6 Å². The van der Waals surface area contributed by atoms with Gasteiger partial charge in [-0.3, -0.25) is 0 Å². The van der Waals surface area contributed by atoms with Crippen LogP contribution in [0.5, 0.6) is 11.5 Å². The monoisotopic (exact) mass is 256 g/mol. The highest BCUT2D eigenvalue weighted by Crippen LogP contribution is 2.31. The summed E-state index contributed by atoms with van der Waals surface area (Å²) in [5.41, 5.74) is 7.30. The van der Waals surface area contributed by atoms with E-state index in [1.54, 1.807) is 18.2 Å². The first kappa shape index (κ1) is 12.9. The van der Waals surface area contributed by atoms with E-state index in [0.29, 0.717) is 11.4 Å². The molecule has 3 nitrogen and oxygen atoms in total. The second-order valence-corrected chi connectivity index (χ2v) is 4.05. The fraction of sp³-hybridized carbons (Fsp3) is 0.133. The van der Waals surface area contributed by atoms with Gasteiger partial charge in [0.25, 0.3) is 0 Å². The van der Waals surface area contributed by atoms with Crippen molar-refractivity contribution in [2.75, 3.05) is 5.73 Å². The van der Waals surface area contributed by atoms with Crippen molar-refractivity contribution in [1.82, 2.24) is 0 Å². The van der Waals surface area contributed by atoms with E-state index in [-0.39, 0.29) is 11.3 Å². The summed E-state index contributed by atoms with van der Waals surface area (Å²) in [6.45, 7) is 2.02. The van der Waals surface area contributed by atoms with Gasteiger partial charge in [0.2, 0.25) is 0 Å². The zero-order valence-corrected chi connectivity index (χ0v) is 10.5. The lowest BCUT2D eigenvalue weighted by Crippen LogP contribution is -1.96. The average molecular weight is 256 g/mol. The molecular weight excluding hydrogens is 243 g/mol. The fourth-order valence-electron chi connectivity index (χ4n) is 1.73. The number of nitriles is 1. The third kappa shape index (κ3) is 2.66. The molecule has 0 aliphatic rings. The molecule has 0 aliphatic carbocycles. The van der Waals surface area contributed by atoms with Gasteiger partial charge in [0, 0.05) is 0 Å². The maximum Gasteiger partial charge on any atom is 0.150 e. The van der Waals surface area contributed by atoms with E-state index in [1.807, 2.05) is 13.0 Å². The lowest BCUT2D eigenvalue weighted by Gasteiger charge is -2.11. The molecule has 0 aromatic heterocycles. The van der Waals surface area contributed by atoms with E-state index >= 15 is 0 Å². The molecule has 0 aliphatic heterocycles. The number of nitrogens with zero attached hydrogens (tertiary/aromatic N) is 1. The molecule has 0 bridgehead atoms. The number of anilines is 1. The summed E-state index contributed by atoms with van der Waals surface area (Å²) >= 11 is 0. The summed E-state index contributed by atoms with van der Waals surface area (Å²) in [5, 5.41) is 8.93. The Labute approximate surface area is 111 Å².